The molecule has 0 saturated heterocycles. The van der Waals surface area contributed by atoms with Gasteiger partial charge in [0.1, 0.15) is 6.54 Å². The van der Waals surface area contributed by atoms with Crippen molar-refractivity contribution in [3.8, 4) is 11.5 Å². The Hall–Kier alpha value is -1.34. The smallest absolute Gasteiger partial charge is 0.408 e. The first kappa shape index (κ1) is 15.7. The monoisotopic (exact) mass is 500 g/mol. The molecule has 0 aromatic carbocycles. The molecule has 1 N–H and O–H groups in total. The summed E-state index contributed by atoms with van der Waals surface area (Å²) in [5.41, 5.74) is 0.110. The van der Waals surface area contributed by atoms with E-state index < -0.39 is 24.6 Å². The maximum Gasteiger partial charge on any atom is 0.408 e. The van der Waals surface area contributed by atoms with Gasteiger partial charge in [-0.1, -0.05) is 0 Å². The summed E-state index contributed by atoms with van der Waals surface area (Å²) in [6.07, 6.45) is -2.29. The summed E-state index contributed by atoms with van der Waals surface area (Å²) >= 11 is 0. The molecule has 11 heteroatoms. The second-order valence-electron chi connectivity index (χ2n) is 3.26. The van der Waals surface area contributed by atoms with Gasteiger partial charge in [0, 0.05) is 37.3 Å². The van der Waals surface area contributed by atoms with Crippen LogP contribution in [-0.4, -0.2) is 37.2 Å². The summed E-state index contributed by atoms with van der Waals surface area (Å²) < 4.78 is 41.6. The van der Waals surface area contributed by atoms with E-state index in [0.29, 0.717) is 4.68 Å². The maximum absolute atomic E-state index is 12.1. The predicted octanol–water partition coefficient (Wildman–Crippen LogP) is 1.19. The van der Waals surface area contributed by atoms with Crippen LogP contribution in [0.2, 0.25) is 0 Å². The van der Waals surface area contributed by atoms with Crippen molar-refractivity contribution < 1.29 is 58.6 Å². The fraction of sp³-hybridized carbons (Fsp3) is 0.250. The molecule has 0 fully saturated rings. The SMILES string of the molecule is O=C(O)c1nnc(-c2cnn(CC(F)(F)F)c2)o1.[U]. The van der Waals surface area contributed by atoms with Gasteiger partial charge in [-0.2, -0.15) is 18.3 Å². The maximum atomic E-state index is 12.1. The number of hydrogen-bond donors (Lipinski definition) is 1. The molecule has 0 saturated carbocycles. The molecule has 0 amide bonds. The van der Waals surface area contributed by atoms with Gasteiger partial charge in [0.25, 0.3) is 5.89 Å². The topological polar surface area (TPSA) is 94.0 Å². The second kappa shape index (κ2) is 5.75. The third-order valence-corrected chi connectivity index (χ3v) is 1.83. The van der Waals surface area contributed by atoms with Gasteiger partial charge >= 0.3 is 18.0 Å². The van der Waals surface area contributed by atoms with Crippen LogP contribution in [0, 0.1) is 31.1 Å². The van der Waals surface area contributed by atoms with Crippen LogP contribution in [0.5, 0.6) is 0 Å². The molecule has 0 unspecified atom stereocenters. The van der Waals surface area contributed by atoms with Crippen molar-refractivity contribution >= 4 is 5.97 Å². The number of aromatic carboxylic acids is 1. The summed E-state index contributed by atoms with van der Waals surface area (Å²) in [5.74, 6) is -2.27. The Labute approximate surface area is 127 Å². The Kier molecular flexibility index (Phi) is 4.76. The van der Waals surface area contributed by atoms with Crippen molar-refractivity contribution in [2.45, 2.75) is 12.7 Å². The van der Waals surface area contributed by atoms with Crippen LogP contribution < -0.4 is 0 Å². The first-order valence-corrected chi connectivity index (χ1v) is 4.51. The molecule has 100 valence electrons. The number of hydrogen-bond acceptors (Lipinski definition) is 5. The number of carboxylic acids is 1. The molecule has 0 radical (unpaired) electrons. The average molecular weight is 500 g/mol. The standard InChI is InChI=1S/C8H5F3N4O3.U/c9-8(10,11)3-15-2-4(1-12-15)5-13-14-6(18-5)7(16)17;/h1-2H,3H2,(H,16,17);. The van der Waals surface area contributed by atoms with Gasteiger partial charge in [0.15, 0.2) is 0 Å². The van der Waals surface area contributed by atoms with Crippen molar-refractivity contribution in [3.05, 3.63) is 18.3 Å². The van der Waals surface area contributed by atoms with Crippen LogP contribution >= 0.6 is 0 Å². The van der Waals surface area contributed by atoms with Crippen molar-refractivity contribution in [2.24, 2.45) is 0 Å². The van der Waals surface area contributed by atoms with Crippen LogP contribution in [0.1, 0.15) is 10.7 Å². The molecule has 2 heterocycles. The number of rotatable bonds is 3. The van der Waals surface area contributed by atoms with E-state index >= 15 is 0 Å². The quantitative estimate of drug-likeness (QED) is 0.681. The van der Waals surface area contributed by atoms with Crippen LogP contribution in [0.15, 0.2) is 16.8 Å². The molecule has 0 aliphatic carbocycles. The van der Waals surface area contributed by atoms with E-state index in [1.807, 2.05) is 0 Å². The zero-order valence-electron chi connectivity index (χ0n) is 9.05. The Morgan fingerprint density at radius 1 is 1.42 bits per heavy atom. The first-order chi connectivity index (χ1) is 8.35. The number of carboxylic acid groups (broad SMARTS) is 1. The summed E-state index contributed by atoms with van der Waals surface area (Å²) in [6.45, 7) is -1.26. The normalized spacial score (nSPS) is 11.1. The minimum Gasteiger partial charge on any atom is -0.474 e. The van der Waals surface area contributed by atoms with Crippen LogP contribution in [-0.2, 0) is 6.54 Å². The van der Waals surface area contributed by atoms with Gasteiger partial charge in [-0.15, -0.1) is 10.2 Å². The molecular weight excluding hydrogens is 495 g/mol. The molecule has 19 heavy (non-hydrogen) atoms. The Morgan fingerprint density at radius 2 is 2.11 bits per heavy atom. The number of alkyl halides is 3. The third-order valence-electron chi connectivity index (χ3n) is 1.83. The minimum absolute atomic E-state index is 0. The number of carbonyl (C=O) groups is 1. The van der Waals surface area contributed by atoms with E-state index in [1.54, 1.807) is 0 Å². The third kappa shape index (κ3) is 4.07. The van der Waals surface area contributed by atoms with Crippen LogP contribution in [0.25, 0.3) is 11.5 Å². The number of nitrogens with zero attached hydrogens (tertiary/aromatic N) is 4. The van der Waals surface area contributed by atoms with E-state index in [-0.39, 0.29) is 42.6 Å². The van der Waals surface area contributed by atoms with Crippen molar-refractivity contribution in [3.63, 3.8) is 0 Å². The number of aromatic nitrogens is 4. The Balaban J connectivity index is 0.00000180. The predicted molar refractivity (Wildman–Crippen MR) is 48.5 cm³/mol. The molecule has 2 rings (SSSR count). The van der Waals surface area contributed by atoms with Gasteiger partial charge in [-0.05, 0) is 0 Å². The molecule has 0 atom stereocenters. The average Bonchev–Trinajstić information content (AvgIpc) is 2.81. The van der Waals surface area contributed by atoms with Crippen molar-refractivity contribution in [1.82, 2.24) is 20.0 Å². The zero-order chi connectivity index (χ0) is 13.3. The molecular formula is C8H5F3N4O3U. The van der Waals surface area contributed by atoms with Gasteiger partial charge in [0.05, 0.1) is 11.8 Å². The van der Waals surface area contributed by atoms with Gasteiger partial charge < -0.3 is 9.52 Å². The summed E-state index contributed by atoms with van der Waals surface area (Å²) in [5, 5.41) is 18.6. The van der Waals surface area contributed by atoms with Gasteiger partial charge in [0.2, 0.25) is 0 Å². The van der Waals surface area contributed by atoms with Gasteiger partial charge in [-0.25, -0.2) is 4.79 Å². The van der Waals surface area contributed by atoms with Crippen LogP contribution in [0.4, 0.5) is 13.2 Å². The van der Waals surface area contributed by atoms with Gasteiger partial charge in [-0.3, -0.25) is 4.68 Å². The molecule has 7 nitrogen and oxygen atoms in total. The summed E-state index contributed by atoms with van der Waals surface area (Å²) in [6, 6.07) is 0. The summed E-state index contributed by atoms with van der Waals surface area (Å²) in [4.78, 5) is 10.5. The Bertz CT molecular complexity index is 580. The second-order valence-corrected chi connectivity index (χ2v) is 3.26. The Morgan fingerprint density at radius 3 is 2.63 bits per heavy atom. The fourth-order valence-electron chi connectivity index (χ4n) is 1.17. The van der Waals surface area contributed by atoms with Crippen molar-refractivity contribution in [2.75, 3.05) is 0 Å². The van der Waals surface area contributed by atoms with Crippen molar-refractivity contribution in [1.29, 1.82) is 0 Å². The van der Waals surface area contributed by atoms with E-state index in [9.17, 15) is 18.0 Å². The van der Waals surface area contributed by atoms with Crippen LogP contribution in [0.3, 0.4) is 0 Å². The molecule has 2 aromatic rings. The van der Waals surface area contributed by atoms with E-state index in [2.05, 4.69) is 15.3 Å². The molecule has 0 aliphatic heterocycles. The largest absolute Gasteiger partial charge is 0.474 e. The molecule has 0 aliphatic rings. The first-order valence-electron chi connectivity index (χ1n) is 4.51. The molecule has 0 spiro atoms. The minimum atomic E-state index is -4.40. The van der Waals surface area contributed by atoms with E-state index in [1.165, 1.54) is 0 Å². The summed E-state index contributed by atoms with van der Waals surface area (Å²) in [7, 11) is 0. The number of halogens is 3. The fourth-order valence-corrected chi connectivity index (χ4v) is 1.17. The van der Waals surface area contributed by atoms with E-state index in [0.717, 1.165) is 12.4 Å². The molecule has 0 bridgehead atoms. The molecule has 2 aromatic heterocycles. The zero-order valence-corrected chi connectivity index (χ0v) is 13.2. The van der Waals surface area contributed by atoms with E-state index in [4.69, 9.17) is 9.52 Å².